The number of nitro groups is 1. The Hall–Kier alpha value is -4.50. The number of fused-ring (bicyclic) bond motifs is 1. The van der Waals surface area contributed by atoms with Gasteiger partial charge in [0.1, 0.15) is 35.8 Å². The zero-order valence-corrected chi connectivity index (χ0v) is 31.6. The quantitative estimate of drug-likeness (QED) is 0.0663. The van der Waals surface area contributed by atoms with Gasteiger partial charge in [0.15, 0.2) is 0 Å². The summed E-state index contributed by atoms with van der Waals surface area (Å²) in [6.45, 7) is 2.38. The number of hydrogen-bond donors (Lipinski definition) is 2. The van der Waals surface area contributed by atoms with Crippen molar-refractivity contribution in [2.24, 2.45) is 0 Å². The third-order valence-corrected chi connectivity index (χ3v) is 10.5. The molecule has 0 fully saturated rings. The fraction of sp³-hybridized carbons (Fsp3) is 0.167. The molecule has 2 N–H and O–H groups in total. The smallest absolute Gasteiger partial charge is 0.289 e. The minimum Gasteiger partial charge on any atom is -0.489 e. The molecule has 5 rings (SSSR count). The van der Waals surface area contributed by atoms with Crippen molar-refractivity contribution in [2.75, 3.05) is 13.2 Å². The van der Waals surface area contributed by atoms with E-state index in [1.807, 2.05) is 66.2 Å². The first-order valence-corrected chi connectivity index (χ1v) is 18.8. The lowest BCUT2D eigenvalue weighted by Gasteiger charge is -2.20. The van der Waals surface area contributed by atoms with Crippen LogP contribution in [-0.2, 0) is 32.5 Å². The summed E-state index contributed by atoms with van der Waals surface area (Å²) < 4.78 is 41.3. The highest BCUT2D eigenvalue weighted by Gasteiger charge is 2.29. The van der Waals surface area contributed by atoms with Crippen molar-refractivity contribution < 1.29 is 32.4 Å². The molecule has 0 bridgehead atoms. The van der Waals surface area contributed by atoms with Gasteiger partial charge in [-0.3, -0.25) is 19.7 Å². The SMILES string of the molecule is Cc1ccc(CC(=O)N[C@@H](Cc2cc(Br)c(OCCOc3cccc4ccccc34)c(Br)c2)C(=O)NS(=O)(=O)c2ccc(Cl)c([N+](=O)[O-])c2)cc1. The van der Waals surface area contributed by atoms with Gasteiger partial charge in [0, 0.05) is 17.9 Å². The maximum atomic E-state index is 13.5. The number of amides is 2. The topological polar surface area (TPSA) is 154 Å². The highest BCUT2D eigenvalue weighted by Crippen LogP contribution is 2.35. The van der Waals surface area contributed by atoms with E-state index in [0.29, 0.717) is 25.8 Å². The van der Waals surface area contributed by atoms with E-state index in [1.54, 1.807) is 24.3 Å². The number of nitro benzene ring substituents is 1. The molecule has 2 amide bonds. The van der Waals surface area contributed by atoms with E-state index in [0.717, 1.165) is 40.3 Å². The lowest BCUT2D eigenvalue weighted by molar-refractivity contribution is -0.384. The number of aryl methyl sites for hydroxylation is 1. The van der Waals surface area contributed by atoms with Crippen molar-refractivity contribution >= 4 is 81.8 Å². The molecular formula is C36H30Br2ClN3O8S. The Balaban J connectivity index is 1.31. The molecule has 0 aliphatic heterocycles. The molecule has 0 saturated heterocycles. The van der Waals surface area contributed by atoms with Crippen molar-refractivity contribution in [1.29, 1.82) is 0 Å². The molecule has 0 unspecified atom stereocenters. The molecular weight excluding hydrogens is 830 g/mol. The van der Waals surface area contributed by atoms with Crippen molar-refractivity contribution in [3.8, 4) is 11.5 Å². The Bertz CT molecular complexity index is 2190. The number of nitrogens with one attached hydrogen (secondary N) is 2. The molecule has 0 aliphatic carbocycles. The molecule has 0 aromatic heterocycles. The summed E-state index contributed by atoms with van der Waals surface area (Å²) in [4.78, 5) is 36.6. The first kappa shape index (κ1) is 37.7. The molecule has 1 atom stereocenters. The number of benzene rings is 5. The fourth-order valence-corrected chi connectivity index (χ4v) is 7.86. The van der Waals surface area contributed by atoms with Crippen LogP contribution in [-0.4, -0.2) is 44.4 Å². The molecule has 264 valence electrons. The summed E-state index contributed by atoms with van der Waals surface area (Å²) in [6, 6.07) is 25.8. The van der Waals surface area contributed by atoms with Crippen LogP contribution in [0.1, 0.15) is 16.7 Å². The van der Waals surface area contributed by atoms with E-state index in [9.17, 15) is 28.1 Å². The van der Waals surface area contributed by atoms with Crippen LogP contribution in [0.2, 0.25) is 5.02 Å². The third-order valence-electron chi connectivity index (χ3n) is 7.63. The minimum absolute atomic E-state index is 0.0683. The Morgan fingerprint density at radius 1 is 0.882 bits per heavy atom. The molecule has 0 heterocycles. The van der Waals surface area contributed by atoms with Gasteiger partial charge >= 0.3 is 0 Å². The number of hydrogen-bond acceptors (Lipinski definition) is 8. The average Bonchev–Trinajstić information content (AvgIpc) is 3.08. The van der Waals surface area contributed by atoms with Gasteiger partial charge in [-0.25, -0.2) is 13.1 Å². The first-order chi connectivity index (χ1) is 24.3. The summed E-state index contributed by atoms with van der Waals surface area (Å²) in [7, 11) is -4.60. The molecule has 0 aliphatic rings. The fourth-order valence-electron chi connectivity index (χ4n) is 5.13. The number of carbonyl (C=O) groups excluding carboxylic acids is 2. The van der Waals surface area contributed by atoms with E-state index in [2.05, 4.69) is 37.2 Å². The Morgan fingerprint density at radius 3 is 2.25 bits per heavy atom. The molecule has 5 aromatic carbocycles. The zero-order valence-electron chi connectivity index (χ0n) is 26.9. The van der Waals surface area contributed by atoms with Crippen molar-refractivity contribution in [2.45, 2.75) is 30.7 Å². The minimum atomic E-state index is -4.60. The zero-order chi connectivity index (χ0) is 36.7. The summed E-state index contributed by atoms with van der Waals surface area (Å²) in [6.07, 6.45) is -0.190. The molecule has 11 nitrogen and oxygen atoms in total. The van der Waals surface area contributed by atoms with Crippen LogP contribution in [0, 0.1) is 17.0 Å². The maximum Gasteiger partial charge on any atom is 0.289 e. The third kappa shape index (κ3) is 9.85. The lowest BCUT2D eigenvalue weighted by atomic mass is 10.0. The normalized spacial score (nSPS) is 11.8. The average molecular weight is 860 g/mol. The van der Waals surface area contributed by atoms with Crippen molar-refractivity contribution in [1.82, 2.24) is 10.0 Å². The summed E-state index contributed by atoms with van der Waals surface area (Å²) in [5, 5.41) is 15.8. The van der Waals surface area contributed by atoms with Crippen LogP contribution < -0.4 is 19.5 Å². The van der Waals surface area contributed by atoms with Crippen LogP contribution in [0.25, 0.3) is 10.8 Å². The predicted octanol–water partition coefficient (Wildman–Crippen LogP) is 7.47. The number of sulfonamides is 1. The number of nitrogens with zero attached hydrogens (tertiary/aromatic N) is 1. The van der Waals surface area contributed by atoms with E-state index in [-0.39, 0.29) is 31.1 Å². The molecule has 51 heavy (non-hydrogen) atoms. The first-order valence-electron chi connectivity index (χ1n) is 15.4. The van der Waals surface area contributed by atoms with Crippen LogP contribution >= 0.6 is 43.5 Å². The highest BCUT2D eigenvalue weighted by atomic mass is 79.9. The molecule has 5 aromatic rings. The molecule has 0 radical (unpaired) electrons. The second-order valence-corrected chi connectivity index (χ2v) is 15.2. The van der Waals surface area contributed by atoms with Crippen LogP contribution in [0.4, 0.5) is 5.69 Å². The van der Waals surface area contributed by atoms with Gasteiger partial charge in [-0.15, -0.1) is 0 Å². The summed E-state index contributed by atoms with van der Waals surface area (Å²) >= 11 is 12.9. The molecule has 0 spiro atoms. The van der Waals surface area contributed by atoms with Gasteiger partial charge in [0.05, 0.1) is 25.2 Å². The second-order valence-electron chi connectivity index (χ2n) is 11.4. The highest BCUT2D eigenvalue weighted by molar-refractivity contribution is 9.11. The van der Waals surface area contributed by atoms with E-state index in [4.69, 9.17) is 21.1 Å². The predicted molar refractivity (Wildman–Crippen MR) is 201 cm³/mol. The number of ether oxygens (including phenoxy) is 2. The second kappa shape index (κ2) is 16.7. The Kier molecular flexibility index (Phi) is 12.3. The van der Waals surface area contributed by atoms with E-state index >= 15 is 0 Å². The summed E-state index contributed by atoms with van der Waals surface area (Å²) in [5.41, 5.74) is 1.59. The number of rotatable bonds is 14. The lowest BCUT2D eigenvalue weighted by Crippen LogP contribution is -2.49. The van der Waals surface area contributed by atoms with Gasteiger partial charge in [0.2, 0.25) is 5.91 Å². The van der Waals surface area contributed by atoms with Crippen molar-refractivity contribution in [3.05, 3.63) is 138 Å². The van der Waals surface area contributed by atoms with E-state index < -0.39 is 43.4 Å². The standard InChI is InChI=1S/C36H30Br2ClN3O8S/c1-22-9-11-23(12-10-22)20-34(43)40-31(36(44)41-51(47,48)26-13-14-30(39)32(21-26)42(45)46)19-24-17-28(37)35(29(38)18-24)50-16-15-49-33-8-4-6-25-5-2-3-7-27(25)33/h2-14,17-18,21,31H,15-16,19-20H2,1H3,(H,40,43)(H,41,44)/t31-/m0/s1. The number of carbonyl (C=O) groups is 2. The van der Waals surface area contributed by atoms with Gasteiger partial charge in [-0.1, -0.05) is 77.8 Å². The van der Waals surface area contributed by atoms with Gasteiger partial charge in [-0.05, 0) is 85.6 Å². The van der Waals surface area contributed by atoms with Gasteiger partial charge < -0.3 is 14.8 Å². The monoisotopic (exact) mass is 857 g/mol. The van der Waals surface area contributed by atoms with Crippen LogP contribution in [0.3, 0.4) is 0 Å². The Morgan fingerprint density at radius 2 is 1.55 bits per heavy atom. The van der Waals surface area contributed by atoms with Crippen molar-refractivity contribution in [3.63, 3.8) is 0 Å². The Labute approximate surface area is 315 Å². The molecule has 0 saturated carbocycles. The summed E-state index contributed by atoms with van der Waals surface area (Å²) in [5.74, 6) is -0.377. The van der Waals surface area contributed by atoms with Gasteiger partial charge in [0.25, 0.3) is 21.6 Å². The molecule has 15 heteroatoms. The maximum absolute atomic E-state index is 13.5. The largest absolute Gasteiger partial charge is 0.489 e. The van der Waals surface area contributed by atoms with Crippen LogP contribution in [0.15, 0.2) is 111 Å². The van der Waals surface area contributed by atoms with Gasteiger partial charge in [-0.2, -0.15) is 0 Å². The van der Waals surface area contributed by atoms with Crippen LogP contribution in [0.5, 0.6) is 11.5 Å². The van der Waals surface area contributed by atoms with E-state index in [1.165, 1.54) is 0 Å². The number of halogens is 3.